The van der Waals surface area contributed by atoms with E-state index in [0.717, 1.165) is 22.3 Å². The standard InChI is InChI=1S/C21H17N3O2/c22-20(25)19(24-21(26)13-9-11-23-12-10-13)18-16-7-3-1-5-14(16)15-6-2-4-8-17(15)18/h1-12,18-19H,(H2,22,25)(H,24,26)/t19-/m1/s1. The number of amides is 2. The molecule has 3 N–H and O–H groups in total. The van der Waals surface area contributed by atoms with Gasteiger partial charge >= 0.3 is 0 Å². The first kappa shape index (κ1) is 16.0. The summed E-state index contributed by atoms with van der Waals surface area (Å²) in [6, 6.07) is 18.2. The lowest BCUT2D eigenvalue weighted by Crippen LogP contribution is -2.48. The van der Waals surface area contributed by atoms with Crippen molar-refractivity contribution in [2.75, 3.05) is 0 Å². The Kier molecular flexibility index (Phi) is 3.97. The molecule has 5 heteroatoms. The predicted octanol–water partition coefficient (Wildman–Crippen LogP) is 2.48. The van der Waals surface area contributed by atoms with Gasteiger partial charge < -0.3 is 11.1 Å². The predicted molar refractivity (Wildman–Crippen MR) is 98.4 cm³/mol. The fraction of sp³-hybridized carbons (Fsp3) is 0.0952. The maximum atomic E-state index is 12.6. The third kappa shape index (κ3) is 2.63. The molecule has 0 fully saturated rings. The Morgan fingerprint density at radius 3 is 1.96 bits per heavy atom. The van der Waals surface area contributed by atoms with Crippen molar-refractivity contribution < 1.29 is 9.59 Å². The monoisotopic (exact) mass is 343 g/mol. The molecule has 1 aliphatic rings. The summed E-state index contributed by atoms with van der Waals surface area (Å²) >= 11 is 0. The van der Waals surface area contributed by atoms with E-state index in [-0.39, 0.29) is 11.8 Å². The zero-order valence-electron chi connectivity index (χ0n) is 13.9. The highest BCUT2D eigenvalue weighted by atomic mass is 16.2. The number of nitrogens with zero attached hydrogens (tertiary/aromatic N) is 1. The van der Waals surface area contributed by atoms with Crippen molar-refractivity contribution in [1.82, 2.24) is 10.3 Å². The smallest absolute Gasteiger partial charge is 0.252 e. The van der Waals surface area contributed by atoms with Gasteiger partial charge in [0.05, 0.1) is 0 Å². The fourth-order valence-electron chi connectivity index (χ4n) is 3.60. The van der Waals surface area contributed by atoms with E-state index in [1.165, 1.54) is 12.4 Å². The van der Waals surface area contributed by atoms with Gasteiger partial charge in [-0.1, -0.05) is 48.5 Å². The highest BCUT2D eigenvalue weighted by molar-refractivity contribution is 5.98. The molecule has 2 amide bonds. The molecule has 26 heavy (non-hydrogen) atoms. The number of primary amides is 1. The number of aromatic nitrogens is 1. The molecule has 0 radical (unpaired) electrons. The third-order valence-corrected chi connectivity index (χ3v) is 4.75. The Bertz CT molecular complexity index is 940. The van der Waals surface area contributed by atoms with E-state index in [0.29, 0.717) is 5.56 Å². The van der Waals surface area contributed by atoms with E-state index in [1.54, 1.807) is 12.1 Å². The number of fused-ring (bicyclic) bond motifs is 3. The number of hydrogen-bond acceptors (Lipinski definition) is 3. The number of pyridine rings is 1. The molecule has 0 spiro atoms. The minimum Gasteiger partial charge on any atom is -0.368 e. The maximum Gasteiger partial charge on any atom is 0.252 e. The van der Waals surface area contributed by atoms with E-state index in [4.69, 9.17) is 5.73 Å². The molecule has 4 rings (SSSR count). The van der Waals surface area contributed by atoms with Crippen LogP contribution in [0.5, 0.6) is 0 Å². The van der Waals surface area contributed by atoms with E-state index in [1.807, 2.05) is 48.5 Å². The Hall–Kier alpha value is -3.47. The Balaban J connectivity index is 1.76. The first-order valence-electron chi connectivity index (χ1n) is 8.35. The van der Waals surface area contributed by atoms with Gasteiger partial charge in [0, 0.05) is 23.9 Å². The lowest BCUT2D eigenvalue weighted by atomic mass is 9.88. The molecule has 2 aromatic carbocycles. The minimum atomic E-state index is -0.847. The SMILES string of the molecule is NC(=O)[C@H](NC(=O)c1ccncc1)C1c2ccccc2-c2ccccc21. The number of carbonyl (C=O) groups is 2. The molecule has 1 aromatic heterocycles. The first-order chi connectivity index (χ1) is 12.7. The molecule has 0 bridgehead atoms. The van der Waals surface area contributed by atoms with Crippen LogP contribution in [0.25, 0.3) is 11.1 Å². The average molecular weight is 343 g/mol. The van der Waals surface area contributed by atoms with Crippen molar-refractivity contribution in [1.29, 1.82) is 0 Å². The van der Waals surface area contributed by atoms with Crippen LogP contribution in [0.4, 0.5) is 0 Å². The number of carbonyl (C=O) groups excluding carboxylic acids is 2. The number of hydrogen-bond donors (Lipinski definition) is 2. The Morgan fingerprint density at radius 1 is 0.885 bits per heavy atom. The first-order valence-corrected chi connectivity index (χ1v) is 8.35. The Labute approximate surface area is 150 Å². The van der Waals surface area contributed by atoms with Crippen molar-refractivity contribution in [3.8, 4) is 11.1 Å². The van der Waals surface area contributed by atoms with Crippen LogP contribution in [-0.4, -0.2) is 22.8 Å². The van der Waals surface area contributed by atoms with Crippen LogP contribution in [0.15, 0.2) is 73.1 Å². The molecule has 128 valence electrons. The van der Waals surface area contributed by atoms with E-state index in [2.05, 4.69) is 10.3 Å². The molecule has 1 heterocycles. The second-order valence-electron chi connectivity index (χ2n) is 6.24. The highest BCUT2D eigenvalue weighted by Crippen LogP contribution is 2.46. The van der Waals surface area contributed by atoms with Gasteiger partial charge in [-0.3, -0.25) is 14.6 Å². The van der Waals surface area contributed by atoms with Gasteiger partial charge in [-0.05, 0) is 34.4 Å². The molecule has 1 aliphatic carbocycles. The van der Waals surface area contributed by atoms with Gasteiger partial charge in [-0.25, -0.2) is 0 Å². The topological polar surface area (TPSA) is 85.1 Å². The lowest BCUT2D eigenvalue weighted by molar-refractivity contribution is -0.120. The van der Waals surface area contributed by atoms with Crippen molar-refractivity contribution in [2.24, 2.45) is 5.73 Å². The molecule has 1 atom stereocenters. The number of benzene rings is 2. The molecule has 5 nitrogen and oxygen atoms in total. The van der Waals surface area contributed by atoms with Crippen LogP contribution in [0.1, 0.15) is 27.4 Å². The number of rotatable bonds is 4. The summed E-state index contributed by atoms with van der Waals surface area (Å²) in [4.78, 5) is 28.8. The molecule has 0 unspecified atom stereocenters. The summed E-state index contributed by atoms with van der Waals surface area (Å²) < 4.78 is 0. The van der Waals surface area contributed by atoms with E-state index in [9.17, 15) is 9.59 Å². The number of nitrogens with two attached hydrogens (primary N) is 1. The summed E-state index contributed by atoms with van der Waals surface area (Å²) in [7, 11) is 0. The van der Waals surface area contributed by atoms with Gasteiger partial charge in [0.2, 0.25) is 5.91 Å². The maximum absolute atomic E-state index is 12.6. The molecular formula is C21H17N3O2. The quantitative estimate of drug-likeness (QED) is 0.763. The average Bonchev–Trinajstić information content (AvgIpc) is 3.01. The minimum absolute atomic E-state index is 0.314. The number of nitrogens with one attached hydrogen (secondary N) is 1. The van der Waals surface area contributed by atoms with Crippen LogP contribution in [0.3, 0.4) is 0 Å². The van der Waals surface area contributed by atoms with Gasteiger partial charge in [0.15, 0.2) is 0 Å². The van der Waals surface area contributed by atoms with Crippen LogP contribution in [0.2, 0.25) is 0 Å². The largest absolute Gasteiger partial charge is 0.368 e. The van der Waals surface area contributed by atoms with Crippen molar-refractivity contribution in [2.45, 2.75) is 12.0 Å². The van der Waals surface area contributed by atoms with Gasteiger partial charge in [-0.15, -0.1) is 0 Å². The lowest BCUT2D eigenvalue weighted by Gasteiger charge is -2.24. The fourth-order valence-corrected chi connectivity index (χ4v) is 3.60. The second-order valence-corrected chi connectivity index (χ2v) is 6.24. The summed E-state index contributed by atoms with van der Waals surface area (Å²) in [6.45, 7) is 0. The molecular weight excluding hydrogens is 326 g/mol. The Morgan fingerprint density at radius 2 is 1.42 bits per heavy atom. The van der Waals surface area contributed by atoms with E-state index >= 15 is 0 Å². The van der Waals surface area contributed by atoms with Crippen molar-refractivity contribution in [3.63, 3.8) is 0 Å². The van der Waals surface area contributed by atoms with Crippen LogP contribution in [0, 0.1) is 0 Å². The second kappa shape index (κ2) is 6.44. The molecule has 0 saturated heterocycles. The zero-order valence-corrected chi connectivity index (χ0v) is 13.9. The third-order valence-electron chi connectivity index (χ3n) is 4.75. The summed E-state index contributed by atoms with van der Waals surface area (Å²) in [6.07, 6.45) is 3.07. The van der Waals surface area contributed by atoms with E-state index < -0.39 is 11.9 Å². The van der Waals surface area contributed by atoms with Gasteiger partial charge in [0.25, 0.3) is 5.91 Å². The normalized spacial score (nSPS) is 13.5. The van der Waals surface area contributed by atoms with Crippen molar-refractivity contribution in [3.05, 3.63) is 89.7 Å². The molecule has 3 aromatic rings. The summed E-state index contributed by atoms with van der Waals surface area (Å²) in [5.74, 6) is -1.23. The molecule has 0 saturated carbocycles. The van der Waals surface area contributed by atoms with Crippen molar-refractivity contribution >= 4 is 11.8 Å². The highest BCUT2D eigenvalue weighted by Gasteiger charge is 2.37. The summed E-state index contributed by atoms with van der Waals surface area (Å²) in [5.41, 5.74) is 10.2. The van der Waals surface area contributed by atoms with Crippen LogP contribution < -0.4 is 11.1 Å². The van der Waals surface area contributed by atoms with Gasteiger partial charge in [0.1, 0.15) is 6.04 Å². The zero-order chi connectivity index (χ0) is 18.1. The van der Waals surface area contributed by atoms with Crippen LogP contribution in [-0.2, 0) is 4.79 Å². The van der Waals surface area contributed by atoms with Crippen LogP contribution >= 0.6 is 0 Å². The van der Waals surface area contributed by atoms with Gasteiger partial charge in [-0.2, -0.15) is 0 Å². The summed E-state index contributed by atoms with van der Waals surface area (Å²) in [5, 5.41) is 2.82. The molecule has 0 aliphatic heterocycles.